The first-order valence-corrected chi connectivity index (χ1v) is 9.34. The Morgan fingerprint density at radius 1 is 1.07 bits per heavy atom. The van der Waals surface area contributed by atoms with Gasteiger partial charge in [0.1, 0.15) is 10.6 Å². The number of hydrogen-bond donors (Lipinski definition) is 1. The summed E-state index contributed by atoms with van der Waals surface area (Å²) in [7, 11) is 1.32. The topological polar surface area (TPSA) is 55.4 Å². The van der Waals surface area contributed by atoms with Gasteiger partial charge in [0, 0.05) is 22.0 Å². The zero-order chi connectivity index (χ0) is 19.2. The third-order valence-electron chi connectivity index (χ3n) is 3.80. The lowest BCUT2D eigenvalue weighted by atomic mass is 10.0. The monoisotopic (exact) mass is 397 g/mol. The van der Waals surface area contributed by atoms with Crippen LogP contribution in [0.5, 0.6) is 0 Å². The van der Waals surface area contributed by atoms with E-state index in [1.807, 2.05) is 47.8 Å². The third-order valence-corrected chi connectivity index (χ3v) is 4.95. The third kappa shape index (κ3) is 4.64. The maximum atomic E-state index is 12.3. The van der Waals surface area contributed by atoms with Crippen LogP contribution >= 0.6 is 22.9 Å². The van der Waals surface area contributed by atoms with Gasteiger partial charge in [-0.3, -0.25) is 4.79 Å². The summed E-state index contributed by atoms with van der Waals surface area (Å²) in [5.74, 6) is -0.830. The molecule has 0 unspecified atom stereocenters. The first kappa shape index (κ1) is 18.9. The minimum atomic E-state index is -0.493. The highest BCUT2D eigenvalue weighted by molar-refractivity contribution is 7.15. The van der Waals surface area contributed by atoms with E-state index in [1.165, 1.54) is 24.5 Å². The quantitative estimate of drug-likeness (QED) is 0.456. The second-order valence-corrected chi connectivity index (χ2v) is 6.90. The molecule has 1 aromatic heterocycles. The number of thiophene rings is 1. The average Bonchev–Trinajstić information content (AvgIpc) is 3.11. The van der Waals surface area contributed by atoms with Crippen LogP contribution in [0.3, 0.4) is 0 Å². The molecule has 0 saturated carbocycles. The molecule has 4 nitrogen and oxygen atoms in total. The molecule has 1 amide bonds. The van der Waals surface area contributed by atoms with E-state index in [2.05, 4.69) is 5.32 Å². The second kappa shape index (κ2) is 8.66. The zero-order valence-electron chi connectivity index (χ0n) is 14.4. The molecule has 0 saturated heterocycles. The minimum absolute atomic E-state index is 0.337. The molecule has 3 rings (SSSR count). The Morgan fingerprint density at radius 3 is 2.44 bits per heavy atom. The number of methoxy groups -OCH3 is 1. The van der Waals surface area contributed by atoms with Gasteiger partial charge >= 0.3 is 5.97 Å². The molecular formula is C21H16ClNO3S. The molecule has 3 aromatic rings. The van der Waals surface area contributed by atoms with Crippen molar-refractivity contribution in [1.82, 2.24) is 0 Å². The van der Waals surface area contributed by atoms with E-state index < -0.39 is 5.97 Å². The number of amides is 1. The van der Waals surface area contributed by atoms with Crippen LogP contribution < -0.4 is 5.32 Å². The highest BCUT2D eigenvalue weighted by Crippen LogP contribution is 2.36. The van der Waals surface area contributed by atoms with Gasteiger partial charge < -0.3 is 10.1 Å². The summed E-state index contributed by atoms with van der Waals surface area (Å²) >= 11 is 7.13. The van der Waals surface area contributed by atoms with E-state index in [4.69, 9.17) is 16.3 Å². The highest BCUT2D eigenvalue weighted by Gasteiger charge is 2.21. The molecule has 0 aliphatic heterocycles. The summed E-state index contributed by atoms with van der Waals surface area (Å²) in [5.41, 5.74) is 2.80. The molecule has 0 aliphatic carbocycles. The van der Waals surface area contributed by atoms with Gasteiger partial charge in [0.15, 0.2) is 0 Å². The number of hydrogen-bond acceptors (Lipinski definition) is 4. The molecule has 0 aliphatic rings. The van der Waals surface area contributed by atoms with Crippen LogP contribution in [0.4, 0.5) is 5.00 Å². The predicted octanol–water partition coefficient (Wildman–Crippen LogP) is 5.51. The molecule has 0 radical (unpaired) electrons. The molecule has 2 aromatic carbocycles. The molecule has 27 heavy (non-hydrogen) atoms. The van der Waals surface area contributed by atoms with Crippen LogP contribution in [0.15, 0.2) is 66.1 Å². The number of halogens is 1. The fraction of sp³-hybridized carbons (Fsp3) is 0.0476. The fourth-order valence-electron chi connectivity index (χ4n) is 2.48. The molecule has 0 atom stereocenters. The van der Waals surface area contributed by atoms with Gasteiger partial charge in [-0.1, -0.05) is 54.1 Å². The van der Waals surface area contributed by atoms with Gasteiger partial charge in [0.25, 0.3) is 0 Å². The number of benzene rings is 2. The predicted molar refractivity (Wildman–Crippen MR) is 110 cm³/mol. The highest BCUT2D eigenvalue weighted by atomic mass is 35.5. The molecule has 0 bridgehead atoms. The largest absolute Gasteiger partial charge is 0.465 e. The Balaban J connectivity index is 1.84. The van der Waals surface area contributed by atoms with Gasteiger partial charge in [-0.25, -0.2) is 4.79 Å². The molecule has 1 heterocycles. The summed E-state index contributed by atoms with van der Waals surface area (Å²) < 4.78 is 4.91. The maximum Gasteiger partial charge on any atom is 0.341 e. The van der Waals surface area contributed by atoms with Crippen molar-refractivity contribution in [1.29, 1.82) is 0 Å². The van der Waals surface area contributed by atoms with Crippen molar-refractivity contribution in [2.45, 2.75) is 0 Å². The molecule has 1 N–H and O–H groups in total. The summed E-state index contributed by atoms with van der Waals surface area (Å²) in [6.07, 6.45) is 3.08. The lowest BCUT2D eigenvalue weighted by Gasteiger charge is -2.06. The van der Waals surface area contributed by atoms with E-state index >= 15 is 0 Å². The molecule has 6 heteroatoms. The van der Waals surface area contributed by atoms with Crippen molar-refractivity contribution in [3.63, 3.8) is 0 Å². The van der Waals surface area contributed by atoms with Crippen molar-refractivity contribution in [2.75, 3.05) is 12.4 Å². The van der Waals surface area contributed by atoms with Gasteiger partial charge in [0.2, 0.25) is 5.91 Å². The van der Waals surface area contributed by atoms with Gasteiger partial charge in [-0.2, -0.15) is 0 Å². The normalized spacial score (nSPS) is 10.7. The number of ether oxygens (including phenoxy) is 1. The van der Waals surface area contributed by atoms with Gasteiger partial charge in [-0.05, 0) is 29.3 Å². The average molecular weight is 398 g/mol. The van der Waals surface area contributed by atoms with E-state index in [0.717, 1.165) is 16.7 Å². The van der Waals surface area contributed by atoms with E-state index in [0.29, 0.717) is 15.6 Å². The number of rotatable bonds is 5. The van der Waals surface area contributed by atoms with Gasteiger partial charge in [0.05, 0.1) is 7.11 Å². The Morgan fingerprint density at radius 2 is 1.78 bits per heavy atom. The Labute approximate surface area is 166 Å². The van der Waals surface area contributed by atoms with Crippen molar-refractivity contribution in [2.24, 2.45) is 0 Å². The van der Waals surface area contributed by atoms with Gasteiger partial charge in [-0.15, -0.1) is 11.3 Å². The first-order valence-electron chi connectivity index (χ1n) is 8.08. The smallest absolute Gasteiger partial charge is 0.341 e. The minimum Gasteiger partial charge on any atom is -0.465 e. The van der Waals surface area contributed by atoms with Crippen molar-refractivity contribution in [3.05, 3.63) is 82.2 Å². The van der Waals surface area contributed by atoms with Crippen molar-refractivity contribution < 1.29 is 14.3 Å². The van der Waals surface area contributed by atoms with Crippen molar-refractivity contribution in [3.8, 4) is 11.1 Å². The van der Waals surface area contributed by atoms with E-state index in [1.54, 1.807) is 18.2 Å². The molecule has 136 valence electrons. The molecule has 0 spiro atoms. The van der Waals surface area contributed by atoms with Crippen LogP contribution in [-0.4, -0.2) is 19.0 Å². The van der Waals surface area contributed by atoms with Crippen LogP contribution in [-0.2, 0) is 9.53 Å². The number of carbonyl (C=O) groups is 2. The van der Waals surface area contributed by atoms with Crippen molar-refractivity contribution >= 4 is 45.9 Å². The van der Waals surface area contributed by atoms with Crippen LogP contribution in [0.25, 0.3) is 17.2 Å². The Kier molecular flexibility index (Phi) is 6.06. The second-order valence-electron chi connectivity index (χ2n) is 5.59. The summed E-state index contributed by atoms with van der Waals surface area (Å²) in [4.78, 5) is 24.6. The fourth-order valence-corrected chi connectivity index (χ4v) is 3.57. The number of carbonyl (C=O) groups excluding carboxylic acids is 2. The summed E-state index contributed by atoms with van der Waals surface area (Å²) in [6.45, 7) is 0. The van der Waals surface area contributed by atoms with Crippen LogP contribution in [0.2, 0.25) is 5.02 Å². The number of anilines is 1. The lowest BCUT2D eigenvalue weighted by molar-refractivity contribution is -0.111. The Bertz CT molecular complexity index is 978. The lowest BCUT2D eigenvalue weighted by Crippen LogP contribution is -2.11. The number of nitrogens with one attached hydrogen (secondary N) is 1. The SMILES string of the molecule is COC(=O)c1c(-c2ccccc2)csc1NC(=O)/C=C/c1ccc(Cl)cc1. The summed E-state index contributed by atoms with van der Waals surface area (Å²) in [6, 6.07) is 16.6. The first-order chi connectivity index (χ1) is 13.1. The van der Waals surface area contributed by atoms with Crippen LogP contribution in [0.1, 0.15) is 15.9 Å². The Hall–Kier alpha value is -2.89. The number of esters is 1. The standard InChI is InChI=1S/C21H16ClNO3S/c1-26-21(25)19-17(15-5-3-2-4-6-15)13-27-20(19)23-18(24)12-9-14-7-10-16(22)11-8-14/h2-13H,1H3,(H,23,24)/b12-9+. The molecular weight excluding hydrogens is 382 g/mol. The summed E-state index contributed by atoms with van der Waals surface area (Å²) in [5, 5.41) is 5.68. The van der Waals surface area contributed by atoms with E-state index in [-0.39, 0.29) is 5.91 Å². The molecule has 0 fully saturated rings. The zero-order valence-corrected chi connectivity index (χ0v) is 16.0. The van der Waals surface area contributed by atoms with E-state index in [9.17, 15) is 9.59 Å². The van der Waals surface area contributed by atoms with Crippen LogP contribution in [0, 0.1) is 0 Å². The maximum absolute atomic E-state index is 12.3.